The first kappa shape index (κ1) is 28.4. The number of ether oxygens (including phenoxy) is 1. The fraction of sp³-hybridized carbons (Fsp3) is 0.806. The molecular formula is C31H48O6. The molecule has 0 aliphatic heterocycles. The van der Waals surface area contributed by atoms with Crippen molar-refractivity contribution in [2.24, 2.45) is 39.9 Å². The molecule has 0 aromatic carbocycles. The molecule has 3 N–H and O–H groups in total. The Hall–Kier alpha value is -1.66. The van der Waals surface area contributed by atoms with Gasteiger partial charge in [-0.3, -0.25) is 4.79 Å². The molecule has 4 rings (SSSR count). The highest BCUT2D eigenvalue weighted by atomic mass is 16.5. The van der Waals surface area contributed by atoms with Gasteiger partial charge in [0, 0.05) is 12.5 Å². The molecule has 4 aliphatic rings. The normalized spacial score (nSPS) is 46.2. The van der Waals surface area contributed by atoms with E-state index in [1.54, 1.807) is 0 Å². The molecule has 37 heavy (non-hydrogen) atoms. The van der Waals surface area contributed by atoms with Crippen molar-refractivity contribution in [2.75, 3.05) is 0 Å². The Morgan fingerprint density at radius 2 is 1.70 bits per heavy atom. The number of carboxylic acids is 1. The van der Waals surface area contributed by atoms with Crippen LogP contribution in [0.5, 0.6) is 0 Å². The minimum absolute atomic E-state index is 0.0474. The molecule has 0 radical (unpaired) electrons. The zero-order valence-electron chi connectivity index (χ0n) is 23.8. The Kier molecular flexibility index (Phi) is 7.53. The van der Waals surface area contributed by atoms with E-state index < -0.39 is 24.1 Å². The van der Waals surface area contributed by atoms with Crippen molar-refractivity contribution in [3.8, 4) is 0 Å². The molecule has 0 spiro atoms. The number of aliphatic hydroxyl groups excluding tert-OH is 2. The summed E-state index contributed by atoms with van der Waals surface area (Å²) in [5, 5.41) is 32.9. The summed E-state index contributed by atoms with van der Waals surface area (Å²) in [5.41, 5.74) is 1.57. The minimum Gasteiger partial charge on any atom is -0.478 e. The minimum atomic E-state index is -0.953. The monoisotopic (exact) mass is 516 g/mol. The van der Waals surface area contributed by atoms with Gasteiger partial charge in [-0.15, -0.1) is 0 Å². The number of rotatable bonds is 5. The number of carboxylic acid groups (broad SMARTS) is 1. The molecule has 6 nitrogen and oxygen atoms in total. The van der Waals surface area contributed by atoms with Crippen molar-refractivity contribution >= 4 is 11.9 Å². The summed E-state index contributed by atoms with van der Waals surface area (Å²) in [5.74, 6) is -0.909. The number of hydrogen-bond donors (Lipinski definition) is 3. The van der Waals surface area contributed by atoms with Gasteiger partial charge in [-0.05, 0) is 111 Å². The van der Waals surface area contributed by atoms with Crippen molar-refractivity contribution < 1.29 is 29.6 Å². The zero-order chi connectivity index (χ0) is 27.5. The number of esters is 1. The van der Waals surface area contributed by atoms with Crippen LogP contribution < -0.4 is 0 Å². The third-order valence-electron chi connectivity index (χ3n) is 11.6. The van der Waals surface area contributed by atoms with E-state index in [-0.39, 0.29) is 40.1 Å². The van der Waals surface area contributed by atoms with Gasteiger partial charge in [0.15, 0.2) is 0 Å². The summed E-state index contributed by atoms with van der Waals surface area (Å²) in [7, 11) is 0. The summed E-state index contributed by atoms with van der Waals surface area (Å²) >= 11 is 0. The van der Waals surface area contributed by atoms with Crippen LogP contribution in [-0.4, -0.2) is 45.6 Å². The zero-order valence-corrected chi connectivity index (χ0v) is 23.8. The van der Waals surface area contributed by atoms with Gasteiger partial charge in [-0.25, -0.2) is 4.79 Å². The topological polar surface area (TPSA) is 104 Å². The Balaban J connectivity index is 1.82. The van der Waals surface area contributed by atoms with E-state index in [1.165, 1.54) is 6.92 Å². The van der Waals surface area contributed by atoms with Gasteiger partial charge in [0.05, 0.1) is 12.2 Å². The first-order valence-corrected chi connectivity index (χ1v) is 14.3. The number of hydrogen-bond acceptors (Lipinski definition) is 5. The van der Waals surface area contributed by atoms with E-state index in [0.29, 0.717) is 37.2 Å². The third-order valence-corrected chi connectivity index (χ3v) is 11.6. The third kappa shape index (κ3) is 4.40. The lowest BCUT2D eigenvalue weighted by atomic mass is 9.36. The van der Waals surface area contributed by atoms with Crippen LogP contribution in [0.1, 0.15) is 99.8 Å². The van der Waals surface area contributed by atoms with Crippen LogP contribution >= 0.6 is 0 Å². The van der Waals surface area contributed by atoms with Gasteiger partial charge in [0.2, 0.25) is 0 Å². The lowest BCUT2D eigenvalue weighted by molar-refractivity contribution is -0.234. The Bertz CT molecular complexity index is 994. The summed E-state index contributed by atoms with van der Waals surface area (Å²) in [6, 6.07) is 0. The van der Waals surface area contributed by atoms with E-state index in [4.69, 9.17) is 4.74 Å². The fourth-order valence-electron chi connectivity index (χ4n) is 9.79. The Labute approximate surface area is 222 Å². The maximum Gasteiger partial charge on any atom is 0.331 e. The Morgan fingerprint density at radius 1 is 1.03 bits per heavy atom. The molecule has 6 heteroatoms. The van der Waals surface area contributed by atoms with Crippen LogP contribution in [-0.2, 0) is 14.3 Å². The number of aliphatic carboxylic acids is 1. The molecule has 4 saturated carbocycles. The van der Waals surface area contributed by atoms with Crippen molar-refractivity contribution in [1.29, 1.82) is 0 Å². The highest BCUT2D eigenvalue weighted by molar-refractivity contribution is 5.88. The highest BCUT2D eigenvalue weighted by Crippen LogP contribution is 2.74. The highest BCUT2D eigenvalue weighted by Gasteiger charge is 2.70. The molecule has 4 fully saturated rings. The molecule has 0 bridgehead atoms. The van der Waals surface area contributed by atoms with Crippen LogP contribution in [0.4, 0.5) is 0 Å². The largest absolute Gasteiger partial charge is 0.478 e. The molecule has 0 saturated heterocycles. The van der Waals surface area contributed by atoms with Crippen LogP contribution in [0.15, 0.2) is 22.8 Å². The average Bonchev–Trinajstić information content (AvgIpc) is 3.05. The van der Waals surface area contributed by atoms with Crippen molar-refractivity contribution in [3.05, 3.63) is 22.8 Å². The lowest BCUT2D eigenvalue weighted by Crippen LogP contribution is -2.65. The number of fused-ring (bicyclic) bond motifs is 5. The van der Waals surface area contributed by atoms with Gasteiger partial charge in [0.1, 0.15) is 6.10 Å². The van der Waals surface area contributed by atoms with Gasteiger partial charge in [-0.1, -0.05) is 39.3 Å². The second kappa shape index (κ2) is 9.82. The smallest absolute Gasteiger partial charge is 0.331 e. The van der Waals surface area contributed by atoms with Crippen LogP contribution in [0.2, 0.25) is 0 Å². The SMILES string of the molecule is CC(=O)O[C@H]1C[C@@]2(C)[C@H](C[C@@H](O)[C@H]3[C@@]4(C)CC[C@@H](O)[C@@H](C)[C@@H]4CC[C@@]32C)/C1=C(\CCC=C(C)C)C(=O)O. The summed E-state index contributed by atoms with van der Waals surface area (Å²) in [6.07, 6.45) is 6.22. The molecule has 4 aliphatic carbocycles. The molecular weight excluding hydrogens is 468 g/mol. The van der Waals surface area contributed by atoms with Crippen LogP contribution in [0.25, 0.3) is 0 Å². The summed E-state index contributed by atoms with van der Waals surface area (Å²) < 4.78 is 5.87. The van der Waals surface area contributed by atoms with E-state index in [9.17, 15) is 24.9 Å². The second-order valence-corrected chi connectivity index (χ2v) is 13.6. The van der Waals surface area contributed by atoms with Crippen LogP contribution in [0.3, 0.4) is 0 Å². The maximum atomic E-state index is 12.6. The van der Waals surface area contributed by atoms with Gasteiger partial charge in [0.25, 0.3) is 0 Å². The van der Waals surface area contributed by atoms with Gasteiger partial charge in [-0.2, -0.15) is 0 Å². The standard InChI is InChI=1S/C31H48O6/c1-17(2)9-8-10-20(28(35)36)26-22-15-24(34)27-29(5)13-12-23(33)18(3)21(29)11-14-30(27,6)31(22,7)16-25(26)37-19(4)32/h9,18,21-25,27,33-34H,8,10-16H2,1-7H3,(H,35,36)/b26-20-/t18-,21-,22+,23+,24+,25-,27-,29-,30-,31-/m0/s1. The molecule has 0 heterocycles. The molecule has 10 atom stereocenters. The lowest BCUT2D eigenvalue weighted by Gasteiger charge is -2.69. The van der Waals surface area contributed by atoms with E-state index in [0.717, 1.165) is 36.8 Å². The first-order chi connectivity index (χ1) is 17.2. The van der Waals surface area contributed by atoms with Crippen molar-refractivity contribution in [3.63, 3.8) is 0 Å². The van der Waals surface area contributed by atoms with E-state index >= 15 is 0 Å². The molecule has 0 aromatic rings. The second-order valence-electron chi connectivity index (χ2n) is 13.6. The summed E-state index contributed by atoms with van der Waals surface area (Å²) in [4.78, 5) is 24.8. The van der Waals surface area contributed by atoms with Gasteiger partial charge >= 0.3 is 11.9 Å². The molecule has 0 amide bonds. The number of carbonyl (C=O) groups excluding carboxylic acids is 1. The predicted molar refractivity (Wildman–Crippen MR) is 143 cm³/mol. The summed E-state index contributed by atoms with van der Waals surface area (Å²) in [6.45, 7) is 14.5. The van der Waals surface area contributed by atoms with Crippen molar-refractivity contribution in [2.45, 2.75) is 118 Å². The maximum absolute atomic E-state index is 12.6. The van der Waals surface area contributed by atoms with E-state index in [2.05, 4.69) is 27.7 Å². The Morgan fingerprint density at radius 3 is 2.30 bits per heavy atom. The molecule has 208 valence electrons. The van der Waals surface area contributed by atoms with Crippen LogP contribution in [0, 0.1) is 39.9 Å². The number of aliphatic hydroxyl groups is 2. The average molecular weight is 517 g/mol. The number of carbonyl (C=O) groups is 2. The van der Waals surface area contributed by atoms with Gasteiger partial charge < -0.3 is 20.1 Å². The number of allylic oxidation sites excluding steroid dienone is 2. The molecule has 0 aromatic heterocycles. The quantitative estimate of drug-likeness (QED) is 0.247. The fourth-order valence-corrected chi connectivity index (χ4v) is 9.79. The predicted octanol–water partition coefficient (Wildman–Crippen LogP) is 5.67. The first-order valence-electron chi connectivity index (χ1n) is 14.3. The van der Waals surface area contributed by atoms with Crippen molar-refractivity contribution in [1.82, 2.24) is 0 Å². The van der Waals surface area contributed by atoms with E-state index in [1.807, 2.05) is 19.9 Å². The molecule has 0 unspecified atom stereocenters.